The average molecular weight is 256 g/mol. The normalized spacial score (nSPS) is 17.9. The summed E-state index contributed by atoms with van der Waals surface area (Å²) < 4.78 is 63.6. The molecule has 0 saturated heterocycles. The van der Waals surface area contributed by atoms with Gasteiger partial charge in [0, 0.05) is 0 Å². The first-order valence-corrected chi connectivity index (χ1v) is 6.01. The average Bonchev–Trinajstić information content (AvgIpc) is 2.01. The van der Waals surface area contributed by atoms with Crippen molar-refractivity contribution in [2.45, 2.75) is 13.8 Å². The summed E-state index contributed by atoms with van der Waals surface area (Å²) in [5.74, 6) is 0. The highest BCUT2D eigenvalue weighted by molar-refractivity contribution is 8.44. The number of hydrogen-bond donors (Lipinski definition) is 0. The lowest BCUT2D eigenvalue weighted by Gasteiger charge is -2.34. The van der Waals surface area contributed by atoms with Crippen molar-refractivity contribution in [2.75, 3.05) is 19.8 Å². The quantitative estimate of drug-likeness (QED) is 0.314. The van der Waals surface area contributed by atoms with Crippen LogP contribution in [-0.2, 0) is 4.74 Å². The number of ether oxygens (including phenoxy) is 1. The van der Waals surface area contributed by atoms with Crippen molar-refractivity contribution in [1.29, 1.82) is 0 Å². The van der Waals surface area contributed by atoms with Crippen LogP contribution in [0.2, 0.25) is 0 Å². The first-order valence-electron chi connectivity index (χ1n) is 4.10. The molecule has 94 valence electrons. The van der Waals surface area contributed by atoms with Crippen LogP contribution in [0, 0.1) is 0 Å². The lowest BCUT2D eigenvalue weighted by atomic mass is 10.6. The predicted molar refractivity (Wildman–Crippen MR) is 50.5 cm³/mol. The minimum Gasteiger partial charge on any atom is -0.467 e. The maximum absolute atomic E-state index is 11.6. The van der Waals surface area contributed by atoms with Gasteiger partial charge in [-0.2, -0.15) is 0 Å². The largest absolute Gasteiger partial charge is 0.467 e. The fraction of sp³-hybridized carbons (Fsp3) is 0.833. The zero-order chi connectivity index (χ0) is 12.2. The molecular weight excluding hydrogens is 243 g/mol. The Kier molecular flexibility index (Phi) is 3.64. The Morgan fingerprint density at radius 2 is 1.60 bits per heavy atom. The third-order valence-electron chi connectivity index (χ3n) is 1.47. The van der Waals surface area contributed by atoms with Crippen LogP contribution in [0.1, 0.15) is 13.8 Å². The van der Waals surface area contributed by atoms with E-state index in [0.717, 1.165) is 0 Å². The van der Waals surface area contributed by atoms with E-state index >= 15 is 0 Å². The molecule has 0 heterocycles. The first kappa shape index (κ1) is 14.4. The van der Waals surface area contributed by atoms with Gasteiger partial charge in [0.15, 0.2) is 6.40 Å². The van der Waals surface area contributed by atoms with Crippen LogP contribution < -0.4 is 0 Å². The molecule has 0 rings (SSSR count). The lowest BCUT2D eigenvalue weighted by Crippen LogP contribution is -2.25. The van der Waals surface area contributed by atoms with E-state index in [0.29, 0.717) is 13.1 Å². The van der Waals surface area contributed by atoms with Gasteiger partial charge in [-0.3, -0.25) is 4.90 Å². The SMILES string of the molecule is CCN(CC)CO/C=N/S(F)(F)(F)(F)F. The fourth-order valence-electron chi connectivity index (χ4n) is 0.657. The third-order valence-corrected chi connectivity index (χ3v) is 1.95. The second-order valence-corrected chi connectivity index (χ2v) is 4.81. The number of rotatable bonds is 6. The molecule has 0 atom stereocenters. The van der Waals surface area contributed by atoms with Gasteiger partial charge < -0.3 is 4.74 Å². The summed E-state index contributed by atoms with van der Waals surface area (Å²) in [6.07, 6.45) is -0.250. The van der Waals surface area contributed by atoms with Crippen molar-refractivity contribution < 1.29 is 24.2 Å². The highest BCUT2D eigenvalue weighted by Gasteiger charge is 2.63. The maximum atomic E-state index is 11.6. The van der Waals surface area contributed by atoms with E-state index in [1.807, 2.05) is 0 Å². The minimum atomic E-state index is -9.71. The van der Waals surface area contributed by atoms with E-state index in [-0.39, 0.29) is 13.1 Å². The summed E-state index contributed by atoms with van der Waals surface area (Å²) in [5, 5.41) is 0. The van der Waals surface area contributed by atoms with Crippen LogP contribution in [0.4, 0.5) is 19.4 Å². The van der Waals surface area contributed by atoms with Gasteiger partial charge >= 0.3 is 10.4 Å². The summed E-state index contributed by atoms with van der Waals surface area (Å²) in [6.45, 7) is 4.40. The van der Waals surface area contributed by atoms with Crippen LogP contribution in [0.25, 0.3) is 0 Å². The highest BCUT2D eigenvalue weighted by atomic mass is 32.5. The van der Waals surface area contributed by atoms with E-state index in [2.05, 4.69) is 4.74 Å². The minimum absolute atomic E-state index is 0.204. The zero-order valence-electron chi connectivity index (χ0n) is 8.30. The lowest BCUT2D eigenvalue weighted by molar-refractivity contribution is 0.135. The Morgan fingerprint density at radius 1 is 1.13 bits per heavy atom. The summed E-state index contributed by atoms with van der Waals surface area (Å²) in [4.78, 5) is 1.59. The van der Waals surface area contributed by atoms with Crippen LogP contribution in [0.15, 0.2) is 4.40 Å². The van der Waals surface area contributed by atoms with Gasteiger partial charge in [-0.25, -0.2) is 0 Å². The Morgan fingerprint density at radius 3 is 1.93 bits per heavy atom. The topological polar surface area (TPSA) is 24.8 Å². The van der Waals surface area contributed by atoms with Crippen molar-refractivity contribution >= 4 is 16.8 Å². The second kappa shape index (κ2) is 3.78. The molecular formula is C6H13F5N2OS. The van der Waals surface area contributed by atoms with Crippen LogP contribution in [-0.4, -0.2) is 31.1 Å². The van der Waals surface area contributed by atoms with E-state index in [9.17, 15) is 19.4 Å². The predicted octanol–water partition coefficient (Wildman–Crippen LogP) is 3.54. The van der Waals surface area contributed by atoms with E-state index in [4.69, 9.17) is 0 Å². The summed E-state index contributed by atoms with van der Waals surface area (Å²) in [5.41, 5.74) is 0. The Labute approximate surface area is 84.8 Å². The van der Waals surface area contributed by atoms with Crippen molar-refractivity contribution in [3.63, 3.8) is 0 Å². The van der Waals surface area contributed by atoms with E-state index < -0.39 is 10.4 Å². The van der Waals surface area contributed by atoms with Gasteiger partial charge in [-0.15, -0.1) is 0 Å². The van der Waals surface area contributed by atoms with Crippen LogP contribution in [0.3, 0.4) is 0 Å². The molecule has 0 aromatic carbocycles. The van der Waals surface area contributed by atoms with Gasteiger partial charge in [0.25, 0.3) is 0 Å². The molecule has 0 aliphatic carbocycles. The smallest absolute Gasteiger partial charge is 0.384 e. The molecule has 15 heavy (non-hydrogen) atoms. The molecule has 0 fully saturated rings. The van der Waals surface area contributed by atoms with Gasteiger partial charge in [0.2, 0.25) is 0 Å². The Balaban J connectivity index is 4.14. The monoisotopic (exact) mass is 256 g/mol. The molecule has 9 heteroatoms. The van der Waals surface area contributed by atoms with Gasteiger partial charge in [0.1, 0.15) is 6.73 Å². The summed E-state index contributed by atoms with van der Waals surface area (Å²) >= 11 is 0. The Bertz CT molecular complexity index is 233. The standard InChI is InChI=1S/C6H13F5N2OS/c1-3-13(4-2)6-14-5-12-15(7,8,9,10)11/h5H,3-4,6H2,1-2H3/b12-5+. The molecule has 0 aliphatic heterocycles. The molecule has 0 amide bonds. The molecule has 0 bridgehead atoms. The van der Waals surface area contributed by atoms with Crippen molar-refractivity contribution in [3.8, 4) is 0 Å². The van der Waals surface area contributed by atoms with E-state index in [1.165, 1.54) is 4.40 Å². The molecule has 3 nitrogen and oxygen atoms in total. The number of nitrogens with zero attached hydrogens (tertiary/aromatic N) is 2. The highest BCUT2D eigenvalue weighted by Crippen LogP contribution is 2.98. The first-order chi connectivity index (χ1) is 6.47. The van der Waals surface area contributed by atoms with Gasteiger partial charge in [0.05, 0.1) is 0 Å². The van der Waals surface area contributed by atoms with Gasteiger partial charge in [-0.1, -0.05) is 37.7 Å². The summed E-state index contributed by atoms with van der Waals surface area (Å²) in [6, 6.07) is 0. The third kappa shape index (κ3) is 9.73. The summed E-state index contributed by atoms with van der Waals surface area (Å²) in [7, 11) is -9.71. The Hall–Kier alpha value is -0.570. The molecule has 0 aromatic heterocycles. The fourth-order valence-corrected chi connectivity index (χ4v) is 0.880. The van der Waals surface area contributed by atoms with Crippen molar-refractivity contribution in [3.05, 3.63) is 0 Å². The molecule has 0 unspecified atom stereocenters. The molecule has 0 spiro atoms. The van der Waals surface area contributed by atoms with Crippen LogP contribution in [0.5, 0.6) is 0 Å². The van der Waals surface area contributed by atoms with Gasteiger partial charge in [-0.05, 0) is 13.1 Å². The van der Waals surface area contributed by atoms with Crippen LogP contribution >= 0.6 is 10.4 Å². The van der Waals surface area contributed by atoms with E-state index in [1.54, 1.807) is 18.7 Å². The molecule has 0 N–H and O–H groups in total. The van der Waals surface area contributed by atoms with Crippen molar-refractivity contribution in [1.82, 2.24) is 4.90 Å². The van der Waals surface area contributed by atoms with Crippen molar-refractivity contribution in [2.24, 2.45) is 4.40 Å². The molecule has 0 saturated carbocycles. The zero-order valence-corrected chi connectivity index (χ0v) is 9.12. The molecule has 0 radical (unpaired) electrons. The second-order valence-electron chi connectivity index (χ2n) is 2.74. The molecule has 0 aliphatic rings. The number of halogens is 5. The molecule has 0 aromatic rings. The number of hydrogen-bond acceptors (Lipinski definition) is 3. The maximum Gasteiger partial charge on any atom is 0.384 e.